The number of ether oxygens (including phenoxy) is 2. The number of rotatable bonds is 5. The lowest BCUT2D eigenvalue weighted by molar-refractivity contribution is -0.151. The molecule has 1 rings (SSSR count). The van der Waals surface area contributed by atoms with Crippen LogP contribution in [0.4, 0.5) is 0 Å². The number of morpholine rings is 1. The highest BCUT2D eigenvalue weighted by molar-refractivity contribution is 5.88. The van der Waals surface area contributed by atoms with Gasteiger partial charge in [0.2, 0.25) is 11.8 Å². The van der Waals surface area contributed by atoms with Gasteiger partial charge in [-0.05, 0) is 13.8 Å². The van der Waals surface area contributed by atoms with Gasteiger partial charge in [-0.15, -0.1) is 0 Å². The maximum Gasteiger partial charge on any atom is 0.249 e. The van der Waals surface area contributed by atoms with Crippen LogP contribution >= 0.6 is 0 Å². The quantitative estimate of drug-likeness (QED) is 0.700. The Morgan fingerprint density at radius 3 is 2.88 bits per heavy atom. The molecule has 1 aliphatic heterocycles. The van der Waals surface area contributed by atoms with E-state index in [0.29, 0.717) is 26.3 Å². The van der Waals surface area contributed by atoms with Crippen LogP contribution in [0, 0.1) is 0 Å². The van der Waals surface area contributed by atoms with Crippen molar-refractivity contribution in [3.63, 3.8) is 0 Å². The Balaban J connectivity index is 2.58. The first-order valence-corrected chi connectivity index (χ1v) is 5.93. The van der Waals surface area contributed by atoms with E-state index in [1.807, 2.05) is 13.8 Å². The lowest BCUT2D eigenvalue weighted by Gasteiger charge is -2.34. The number of carbonyl (C=O) groups excluding carboxylic acids is 2. The third-order valence-electron chi connectivity index (χ3n) is 2.53. The van der Waals surface area contributed by atoms with Crippen LogP contribution in [0.5, 0.6) is 0 Å². The zero-order chi connectivity index (χ0) is 12.7. The molecule has 1 aliphatic rings. The number of hydrogen-bond acceptors (Lipinski definition) is 4. The fraction of sp³-hybridized carbons (Fsp3) is 0.818. The van der Waals surface area contributed by atoms with Crippen molar-refractivity contribution in [3.05, 3.63) is 0 Å². The van der Waals surface area contributed by atoms with Crippen molar-refractivity contribution in [3.8, 4) is 0 Å². The van der Waals surface area contributed by atoms with Crippen molar-refractivity contribution < 1.29 is 19.1 Å². The molecule has 0 aromatic carbocycles. The van der Waals surface area contributed by atoms with E-state index in [-0.39, 0.29) is 25.0 Å². The Kier molecular flexibility index (Phi) is 5.93. The van der Waals surface area contributed by atoms with Gasteiger partial charge in [0.1, 0.15) is 12.6 Å². The van der Waals surface area contributed by atoms with Crippen molar-refractivity contribution in [2.45, 2.75) is 19.9 Å². The summed E-state index contributed by atoms with van der Waals surface area (Å²) in [6.07, 6.45) is 0. The maximum absolute atomic E-state index is 11.8. The molecule has 2 amide bonds. The van der Waals surface area contributed by atoms with E-state index < -0.39 is 6.04 Å². The van der Waals surface area contributed by atoms with E-state index >= 15 is 0 Å². The summed E-state index contributed by atoms with van der Waals surface area (Å²) >= 11 is 0. The molecule has 1 fully saturated rings. The number of amides is 2. The number of nitrogens with zero attached hydrogens (tertiary/aromatic N) is 1. The van der Waals surface area contributed by atoms with Crippen LogP contribution in [0.25, 0.3) is 0 Å². The average Bonchev–Trinajstić information content (AvgIpc) is 2.36. The molecule has 17 heavy (non-hydrogen) atoms. The van der Waals surface area contributed by atoms with E-state index in [4.69, 9.17) is 9.47 Å². The van der Waals surface area contributed by atoms with Gasteiger partial charge in [-0.2, -0.15) is 0 Å². The van der Waals surface area contributed by atoms with Crippen LogP contribution in [0.1, 0.15) is 13.8 Å². The standard InChI is InChI=1S/C11H20N2O4/c1-3-12-11(15)9-7-17-6-5-13(9)10(14)8-16-4-2/h9H,3-8H2,1-2H3,(H,12,15). The van der Waals surface area contributed by atoms with E-state index in [1.165, 1.54) is 4.90 Å². The highest BCUT2D eigenvalue weighted by Gasteiger charge is 2.32. The first-order chi connectivity index (χ1) is 8.20. The molecule has 1 N–H and O–H groups in total. The second-order valence-electron chi connectivity index (χ2n) is 3.71. The molecule has 6 nitrogen and oxygen atoms in total. The SMILES string of the molecule is CCNC(=O)C1COCCN1C(=O)COCC. The Bertz CT molecular complexity index is 270. The first kappa shape index (κ1) is 13.9. The first-order valence-electron chi connectivity index (χ1n) is 5.93. The number of hydrogen-bond donors (Lipinski definition) is 1. The van der Waals surface area contributed by atoms with Crippen molar-refractivity contribution in [1.29, 1.82) is 0 Å². The Morgan fingerprint density at radius 2 is 2.24 bits per heavy atom. The predicted octanol–water partition coefficient (Wildman–Crippen LogP) is -0.614. The largest absolute Gasteiger partial charge is 0.377 e. The molecular formula is C11H20N2O4. The fourth-order valence-electron chi connectivity index (χ4n) is 1.68. The van der Waals surface area contributed by atoms with Crippen LogP contribution in [-0.2, 0) is 19.1 Å². The minimum atomic E-state index is -0.531. The number of likely N-dealkylation sites (N-methyl/N-ethyl adjacent to an activating group) is 1. The van der Waals surface area contributed by atoms with Crippen LogP contribution in [0.3, 0.4) is 0 Å². The molecule has 1 unspecified atom stereocenters. The van der Waals surface area contributed by atoms with Crippen LogP contribution in [0.15, 0.2) is 0 Å². The van der Waals surface area contributed by atoms with Crippen molar-refractivity contribution in [1.82, 2.24) is 10.2 Å². The van der Waals surface area contributed by atoms with Crippen LogP contribution in [-0.4, -0.2) is 62.3 Å². The zero-order valence-corrected chi connectivity index (χ0v) is 10.4. The van der Waals surface area contributed by atoms with Crippen molar-refractivity contribution in [2.24, 2.45) is 0 Å². The molecule has 0 aliphatic carbocycles. The van der Waals surface area contributed by atoms with Gasteiger partial charge in [-0.1, -0.05) is 0 Å². The molecule has 0 radical (unpaired) electrons. The number of carbonyl (C=O) groups is 2. The van der Waals surface area contributed by atoms with Gasteiger partial charge in [0, 0.05) is 19.7 Å². The van der Waals surface area contributed by atoms with Crippen molar-refractivity contribution >= 4 is 11.8 Å². The lowest BCUT2D eigenvalue weighted by atomic mass is 10.2. The summed E-state index contributed by atoms with van der Waals surface area (Å²) in [6, 6.07) is -0.531. The minimum absolute atomic E-state index is 0.0202. The third kappa shape index (κ3) is 3.98. The molecule has 0 saturated carbocycles. The van der Waals surface area contributed by atoms with Gasteiger partial charge < -0.3 is 19.7 Å². The second-order valence-corrected chi connectivity index (χ2v) is 3.71. The maximum atomic E-state index is 11.8. The topological polar surface area (TPSA) is 67.9 Å². The summed E-state index contributed by atoms with van der Waals surface area (Å²) in [5, 5.41) is 2.70. The molecule has 6 heteroatoms. The van der Waals surface area contributed by atoms with Crippen molar-refractivity contribution in [2.75, 3.05) is 39.5 Å². The normalized spacial score (nSPS) is 20.1. The second kappa shape index (κ2) is 7.24. The summed E-state index contributed by atoms with van der Waals surface area (Å²) in [4.78, 5) is 25.1. The molecule has 98 valence electrons. The van der Waals surface area contributed by atoms with Gasteiger partial charge in [-0.3, -0.25) is 9.59 Å². The predicted molar refractivity (Wildman–Crippen MR) is 61.5 cm³/mol. The monoisotopic (exact) mass is 244 g/mol. The zero-order valence-electron chi connectivity index (χ0n) is 10.4. The molecule has 1 saturated heterocycles. The Morgan fingerprint density at radius 1 is 1.47 bits per heavy atom. The third-order valence-corrected chi connectivity index (χ3v) is 2.53. The molecule has 0 spiro atoms. The summed E-state index contributed by atoms with van der Waals surface area (Å²) in [5.74, 6) is -0.330. The van der Waals surface area contributed by atoms with Crippen LogP contribution < -0.4 is 5.32 Å². The van der Waals surface area contributed by atoms with E-state index in [0.717, 1.165) is 0 Å². The molecule has 0 bridgehead atoms. The van der Waals surface area contributed by atoms with Gasteiger partial charge in [0.15, 0.2) is 0 Å². The molecule has 0 aromatic rings. The highest BCUT2D eigenvalue weighted by atomic mass is 16.5. The Labute approximate surface area is 101 Å². The summed E-state index contributed by atoms with van der Waals surface area (Å²) in [6.45, 7) is 5.88. The molecular weight excluding hydrogens is 224 g/mol. The molecule has 1 atom stereocenters. The molecule has 1 heterocycles. The summed E-state index contributed by atoms with van der Waals surface area (Å²) < 4.78 is 10.3. The average molecular weight is 244 g/mol. The number of nitrogens with one attached hydrogen (secondary N) is 1. The van der Waals surface area contributed by atoms with Crippen LogP contribution in [0.2, 0.25) is 0 Å². The van der Waals surface area contributed by atoms with Gasteiger partial charge >= 0.3 is 0 Å². The lowest BCUT2D eigenvalue weighted by Crippen LogP contribution is -2.56. The highest BCUT2D eigenvalue weighted by Crippen LogP contribution is 2.08. The van der Waals surface area contributed by atoms with Gasteiger partial charge in [-0.25, -0.2) is 0 Å². The minimum Gasteiger partial charge on any atom is -0.377 e. The molecule has 0 aromatic heterocycles. The van der Waals surface area contributed by atoms with Gasteiger partial charge in [0.25, 0.3) is 0 Å². The van der Waals surface area contributed by atoms with E-state index in [1.54, 1.807) is 0 Å². The summed E-state index contributed by atoms with van der Waals surface area (Å²) in [7, 11) is 0. The fourth-order valence-corrected chi connectivity index (χ4v) is 1.68. The van der Waals surface area contributed by atoms with E-state index in [9.17, 15) is 9.59 Å². The summed E-state index contributed by atoms with van der Waals surface area (Å²) in [5.41, 5.74) is 0. The van der Waals surface area contributed by atoms with E-state index in [2.05, 4.69) is 5.32 Å². The van der Waals surface area contributed by atoms with Gasteiger partial charge in [0.05, 0.1) is 13.2 Å². The smallest absolute Gasteiger partial charge is 0.249 e. The Hall–Kier alpha value is -1.14.